The van der Waals surface area contributed by atoms with E-state index in [1.807, 2.05) is 13.8 Å². The van der Waals surface area contributed by atoms with Gasteiger partial charge < -0.3 is 24.8 Å². The summed E-state index contributed by atoms with van der Waals surface area (Å²) in [5.74, 6) is 0.189. The molecule has 0 fully saturated rings. The van der Waals surface area contributed by atoms with Crippen LogP contribution < -0.4 is 20.1 Å². The predicted molar refractivity (Wildman–Crippen MR) is 121 cm³/mol. The molecule has 8 heteroatoms. The number of carbonyl (C=O) groups is 2. The molecule has 1 atom stereocenters. The highest BCUT2D eigenvalue weighted by Crippen LogP contribution is 2.36. The van der Waals surface area contributed by atoms with Crippen LogP contribution in [0.5, 0.6) is 11.5 Å². The van der Waals surface area contributed by atoms with Crippen LogP contribution in [-0.4, -0.2) is 25.2 Å². The van der Waals surface area contributed by atoms with Crippen LogP contribution in [0.2, 0.25) is 0 Å². The van der Waals surface area contributed by atoms with Gasteiger partial charge in [0.25, 0.3) is 0 Å². The zero-order chi connectivity index (χ0) is 23.8. The van der Waals surface area contributed by atoms with E-state index < -0.39 is 12.0 Å². The van der Waals surface area contributed by atoms with Crippen molar-refractivity contribution in [2.75, 3.05) is 13.2 Å². The smallest absolute Gasteiger partial charge is 0.338 e. The van der Waals surface area contributed by atoms with Crippen LogP contribution in [0.15, 0.2) is 53.7 Å². The van der Waals surface area contributed by atoms with Crippen LogP contribution in [0.4, 0.5) is 9.18 Å². The summed E-state index contributed by atoms with van der Waals surface area (Å²) in [5.41, 5.74) is 2.41. The van der Waals surface area contributed by atoms with Gasteiger partial charge in [-0.05, 0) is 55.7 Å². The summed E-state index contributed by atoms with van der Waals surface area (Å²) in [5, 5.41) is 5.57. The number of allylic oxidation sites excluding steroid dienone is 1. The zero-order valence-electron chi connectivity index (χ0n) is 19.1. The summed E-state index contributed by atoms with van der Waals surface area (Å²) < 4.78 is 30.1. The lowest BCUT2D eigenvalue weighted by atomic mass is 9.93. The first kappa shape index (κ1) is 24.1. The lowest BCUT2D eigenvalue weighted by Gasteiger charge is -2.29. The maximum Gasteiger partial charge on any atom is 0.338 e. The van der Waals surface area contributed by atoms with Crippen LogP contribution in [0.25, 0.3) is 0 Å². The molecule has 7 nitrogen and oxygen atoms in total. The van der Waals surface area contributed by atoms with Gasteiger partial charge in [-0.25, -0.2) is 14.0 Å². The summed E-state index contributed by atoms with van der Waals surface area (Å²) >= 11 is 0. The van der Waals surface area contributed by atoms with E-state index in [0.717, 1.165) is 12.0 Å². The van der Waals surface area contributed by atoms with Crippen molar-refractivity contribution < 1.29 is 28.2 Å². The number of hydrogen-bond donors (Lipinski definition) is 2. The van der Waals surface area contributed by atoms with E-state index >= 15 is 0 Å². The number of rotatable bonds is 10. The van der Waals surface area contributed by atoms with Gasteiger partial charge in [-0.3, -0.25) is 0 Å². The minimum absolute atomic E-state index is 0.225. The monoisotopic (exact) mass is 456 g/mol. The predicted octanol–water partition coefficient (Wildman–Crippen LogP) is 4.77. The second kappa shape index (κ2) is 11.4. The van der Waals surface area contributed by atoms with Crippen molar-refractivity contribution in [1.29, 1.82) is 0 Å². The van der Waals surface area contributed by atoms with Gasteiger partial charge in [-0.15, -0.1) is 0 Å². The number of carbonyl (C=O) groups excluding carboxylic acids is 2. The van der Waals surface area contributed by atoms with Crippen LogP contribution in [0.3, 0.4) is 0 Å². The van der Waals surface area contributed by atoms with E-state index in [2.05, 4.69) is 10.6 Å². The number of hydrogen-bond acceptors (Lipinski definition) is 5. The molecule has 0 aliphatic carbocycles. The number of ether oxygens (including phenoxy) is 3. The Hall–Kier alpha value is -3.55. The fourth-order valence-electron chi connectivity index (χ4n) is 3.60. The molecule has 0 radical (unpaired) electrons. The van der Waals surface area contributed by atoms with E-state index in [-0.39, 0.29) is 25.1 Å². The Bertz CT molecular complexity index is 1020. The first-order chi connectivity index (χ1) is 16.0. The number of esters is 1. The Balaban J connectivity index is 1.93. The van der Waals surface area contributed by atoms with Gasteiger partial charge in [-0.1, -0.05) is 31.5 Å². The SMILES string of the molecule is CCCC1=C(C(=O)OCC)C(c2ccc(OCc3ccc(F)cc3)c(OCC)c2)NC(=O)N1. The number of urea groups is 1. The number of amides is 2. The zero-order valence-corrected chi connectivity index (χ0v) is 19.1. The molecule has 2 aromatic carbocycles. The summed E-state index contributed by atoms with van der Waals surface area (Å²) in [6.07, 6.45) is 1.29. The Kier molecular flexibility index (Phi) is 8.29. The van der Waals surface area contributed by atoms with Crippen molar-refractivity contribution >= 4 is 12.0 Å². The van der Waals surface area contributed by atoms with E-state index in [1.54, 1.807) is 37.3 Å². The van der Waals surface area contributed by atoms with Crippen LogP contribution in [0, 0.1) is 5.82 Å². The number of nitrogens with one attached hydrogen (secondary N) is 2. The third-order valence-electron chi connectivity index (χ3n) is 5.06. The second-order valence-corrected chi connectivity index (χ2v) is 7.45. The average Bonchev–Trinajstić information content (AvgIpc) is 2.79. The second-order valence-electron chi connectivity index (χ2n) is 7.45. The molecule has 176 valence electrons. The normalized spacial score (nSPS) is 15.5. The minimum Gasteiger partial charge on any atom is -0.490 e. The van der Waals surface area contributed by atoms with E-state index in [1.165, 1.54) is 12.1 Å². The molecule has 3 rings (SSSR count). The Morgan fingerprint density at radius 3 is 2.42 bits per heavy atom. The molecule has 1 aliphatic rings. The molecule has 1 unspecified atom stereocenters. The molecule has 2 N–H and O–H groups in total. The molecule has 0 saturated heterocycles. The van der Waals surface area contributed by atoms with Gasteiger partial charge >= 0.3 is 12.0 Å². The summed E-state index contributed by atoms with van der Waals surface area (Å²) in [7, 11) is 0. The van der Waals surface area contributed by atoms with E-state index in [9.17, 15) is 14.0 Å². The number of benzene rings is 2. The highest BCUT2D eigenvalue weighted by atomic mass is 19.1. The summed E-state index contributed by atoms with van der Waals surface area (Å²) in [4.78, 5) is 25.1. The number of halogens is 1. The largest absolute Gasteiger partial charge is 0.490 e. The topological polar surface area (TPSA) is 85.9 Å². The summed E-state index contributed by atoms with van der Waals surface area (Å²) in [6, 6.07) is 10.3. The summed E-state index contributed by atoms with van der Waals surface area (Å²) in [6.45, 7) is 6.42. The van der Waals surface area contributed by atoms with Crippen molar-refractivity contribution in [3.63, 3.8) is 0 Å². The highest BCUT2D eigenvalue weighted by molar-refractivity contribution is 5.95. The lowest BCUT2D eigenvalue weighted by Crippen LogP contribution is -2.46. The Morgan fingerprint density at radius 1 is 1.00 bits per heavy atom. The van der Waals surface area contributed by atoms with Gasteiger partial charge in [0.15, 0.2) is 11.5 Å². The lowest BCUT2D eigenvalue weighted by molar-refractivity contribution is -0.139. The molecule has 0 bridgehead atoms. The molecule has 0 spiro atoms. The quantitative estimate of drug-likeness (QED) is 0.503. The van der Waals surface area contributed by atoms with Gasteiger partial charge in [0.1, 0.15) is 12.4 Å². The van der Waals surface area contributed by atoms with Crippen molar-refractivity contribution in [2.45, 2.75) is 46.3 Å². The molecule has 0 saturated carbocycles. The van der Waals surface area contributed by atoms with Gasteiger partial charge in [-0.2, -0.15) is 0 Å². The van der Waals surface area contributed by atoms with Crippen molar-refractivity contribution in [3.05, 3.63) is 70.7 Å². The fraction of sp³-hybridized carbons (Fsp3) is 0.360. The van der Waals surface area contributed by atoms with Crippen LogP contribution >= 0.6 is 0 Å². The van der Waals surface area contributed by atoms with Crippen molar-refractivity contribution in [2.24, 2.45) is 0 Å². The molecule has 2 amide bonds. The molecule has 33 heavy (non-hydrogen) atoms. The Morgan fingerprint density at radius 2 is 1.76 bits per heavy atom. The average molecular weight is 457 g/mol. The van der Waals surface area contributed by atoms with Gasteiger partial charge in [0.2, 0.25) is 0 Å². The molecular weight excluding hydrogens is 427 g/mol. The maximum atomic E-state index is 13.1. The van der Waals surface area contributed by atoms with Crippen molar-refractivity contribution in [1.82, 2.24) is 10.6 Å². The third-order valence-corrected chi connectivity index (χ3v) is 5.06. The molecule has 2 aromatic rings. The van der Waals surface area contributed by atoms with Gasteiger partial charge in [0.05, 0.1) is 24.8 Å². The first-order valence-corrected chi connectivity index (χ1v) is 11.1. The Labute approximate surface area is 192 Å². The molecule has 0 aromatic heterocycles. The first-order valence-electron chi connectivity index (χ1n) is 11.1. The third kappa shape index (κ3) is 6.03. The minimum atomic E-state index is -0.690. The van der Waals surface area contributed by atoms with Gasteiger partial charge in [0, 0.05) is 5.70 Å². The standard InChI is InChI=1S/C25H29FN2O5/c1-4-7-19-22(24(29)32-6-3)23(28-25(30)27-19)17-10-13-20(21(14-17)31-5-2)33-15-16-8-11-18(26)12-9-16/h8-14,23H,4-7,15H2,1-3H3,(H2,27,28,30). The fourth-order valence-corrected chi connectivity index (χ4v) is 3.60. The van der Waals surface area contributed by atoms with E-state index in [4.69, 9.17) is 14.2 Å². The van der Waals surface area contributed by atoms with Crippen LogP contribution in [0.1, 0.15) is 50.8 Å². The van der Waals surface area contributed by atoms with Crippen LogP contribution in [-0.2, 0) is 16.1 Å². The molecule has 1 heterocycles. The van der Waals surface area contributed by atoms with E-state index in [0.29, 0.717) is 41.4 Å². The highest BCUT2D eigenvalue weighted by Gasteiger charge is 2.33. The molecule has 1 aliphatic heterocycles. The molecular formula is C25H29FN2O5. The van der Waals surface area contributed by atoms with Crippen molar-refractivity contribution in [3.8, 4) is 11.5 Å². The maximum absolute atomic E-state index is 13.1.